The van der Waals surface area contributed by atoms with Gasteiger partial charge in [-0.15, -0.1) is 0 Å². The van der Waals surface area contributed by atoms with Crippen LogP contribution in [0.1, 0.15) is 31.2 Å². The lowest BCUT2D eigenvalue weighted by atomic mass is 10.2. The average molecular weight is 367 g/mol. The Morgan fingerprint density at radius 1 is 1.17 bits per heavy atom. The van der Waals surface area contributed by atoms with E-state index in [0.717, 1.165) is 12.0 Å². The number of carboxylic acids is 1. The molecule has 1 aromatic rings. The van der Waals surface area contributed by atoms with Gasteiger partial charge in [0.1, 0.15) is 6.04 Å². The number of hydrogen-bond donors (Lipinski definition) is 1. The van der Waals surface area contributed by atoms with Crippen LogP contribution in [0.3, 0.4) is 0 Å². The standard InChI is InChI=1S/C17H21NO4S2/c19-15(18-10-4-8-14(18)16(20)21)9-5-11-23-17(22)24-12-13-6-2-1-3-7-13/h1-3,6-7,14H,4-5,8-12H2,(H,20,21)/t14-/m0/s1. The Labute approximate surface area is 150 Å². The third kappa shape index (κ3) is 5.87. The molecule has 1 heterocycles. The summed E-state index contributed by atoms with van der Waals surface area (Å²) in [5.41, 5.74) is 1.11. The Bertz CT molecular complexity index is 579. The third-order valence-electron chi connectivity index (χ3n) is 3.81. The first-order chi connectivity index (χ1) is 11.6. The zero-order valence-electron chi connectivity index (χ0n) is 13.3. The normalized spacial score (nSPS) is 17.0. The summed E-state index contributed by atoms with van der Waals surface area (Å²) >= 11 is 2.49. The van der Waals surface area contributed by atoms with Crippen molar-refractivity contribution in [3.8, 4) is 0 Å². The molecular formula is C17H21NO4S2. The van der Waals surface area contributed by atoms with E-state index in [1.54, 1.807) is 0 Å². The fourth-order valence-corrected chi connectivity index (χ4v) is 4.30. The maximum atomic E-state index is 12.1. The minimum atomic E-state index is -0.928. The topological polar surface area (TPSA) is 74.7 Å². The second-order valence-corrected chi connectivity index (χ2v) is 7.83. The number of hydrogen-bond acceptors (Lipinski definition) is 5. The molecule has 2 rings (SSSR count). The van der Waals surface area contributed by atoms with E-state index in [0.29, 0.717) is 37.3 Å². The smallest absolute Gasteiger partial charge is 0.326 e. The van der Waals surface area contributed by atoms with Gasteiger partial charge in [0.25, 0.3) is 0 Å². The molecule has 0 aromatic heterocycles. The molecule has 24 heavy (non-hydrogen) atoms. The molecule has 0 radical (unpaired) electrons. The van der Waals surface area contributed by atoms with Crippen molar-refractivity contribution in [2.24, 2.45) is 0 Å². The highest BCUT2D eigenvalue weighted by Crippen LogP contribution is 2.23. The molecule has 1 aromatic carbocycles. The molecule has 1 atom stereocenters. The van der Waals surface area contributed by atoms with Gasteiger partial charge in [0, 0.05) is 24.5 Å². The van der Waals surface area contributed by atoms with Crippen LogP contribution >= 0.6 is 23.5 Å². The Kier molecular flexibility index (Phi) is 7.65. The second-order valence-electron chi connectivity index (χ2n) is 5.56. The van der Waals surface area contributed by atoms with E-state index in [4.69, 9.17) is 5.11 Å². The highest BCUT2D eigenvalue weighted by atomic mass is 32.2. The Balaban J connectivity index is 1.61. The summed E-state index contributed by atoms with van der Waals surface area (Å²) in [4.78, 5) is 36.4. The highest BCUT2D eigenvalue weighted by Gasteiger charge is 2.33. The summed E-state index contributed by atoms with van der Waals surface area (Å²) in [7, 11) is 0. The van der Waals surface area contributed by atoms with Crippen LogP contribution in [-0.2, 0) is 15.3 Å². The van der Waals surface area contributed by atoms with E-state index < -0.39 is 12.0 Å². The summed E-state index contributed by atoms with van der Waals surface area (Å²) in [5.74, 6) is 0.185. The molecule has 5 nitrogen and oxygen atoms in total. The lowest BCUT2D eigenvalue weighted by molar-refractivity contribution is -0.148. The van der Waals surface area contributed by atoms with Crippen LogP contribution in [0, 0.1) is 0 Å². The van der Waals surface area contributed by atoms with Gasteiger partial charge in [-0.1, -0.05) is 53.9 Å². The zero-order chi connectivity index (χ0) is 17.4. The number of thioether (sulfide) groups is 2. The van der Waals surface area contributed by atoms with E-state index in [-0.39, 0.29) is 10.4 Å². The van der Waals surface area contributed by atoms with E-state index in [1.165, 1.54) is 28.4 Å². The SMILES string of the molecule is O=C(SCCCC(=O)N1CCC[C@H]1C(=O)O)SCc1ccccc1. The predicted octanol–water partition coefficient (Wildman–Crippen LogP) is 3.63. The number of likely N-dealkylation sites (tertiary alicyclic amines) is 1. The maximum Gasteiger partial charge on any atom is 0.326 e. The average Bonchev–Trinajstić information content (AvgIpc) is 3.08. The van der Waals surface area contributed by atoms with Gasteiger partial charge in [0.15, 0.2) is 0 Å². The van der Waals surface area contributed by atoms with Crippen LogP contribution in [0.4, 0.5) is 4.79 Å². The van der Waals surface area contributed by atoms with E-state index in [1.807, 2.05) is 30.3 Å². The number of amides is 1. The first-order valence-electron chi connectivity index (χ1n) is 7.93. The predicted molar refractivity (Wildman–Crippen MR) is 97.2 cm³/mol. The number of aliphatic carboxylic acids is 1. The summed E-state index contributed by atoms with van der Waals surface area (Å²) in [6.45, 7) is 0.523. The van der Waals surface area contributed by atoms with E-state index in [9.17, 15) is 14.4 Å². The molecule has 0 unspecified atom stereocenters. The Morgan fingerprint density at radius 2 is 1.92 bits per heavy atom. The van der Waals surface area contributed by atoms with Crippen LogP contribution in [0.5, 0.6) is 0 Å². The van der Waals surface area contributed by atoms with Gasteiger partial charge in [-0.2, -0.15) is 0 Å². The molecule has 1 aliphatic rings. The molecule has 0 bridgehead atoms. The van der Waals surface area contributed by atoms with Gasteiger partial charge in [-0.3, -0.25) is 9.59 Å². The van der Waals surface area contributed by atoms with Crippen LogP contribution in [-0.4, -0.2) is 44.7 Å². The van der Waals surface area contributed by atoms with Gasteiger partial charge in [-0.05, 0) is 24.8 Å². The summed E-state index contributed by atoms with van der Waals surface area (Å²) in [6.07, 6.45) is 2.16. The monoisotopic (exact) mass is 367 g/mol. The summed E-state index contributed by atoms with van der Waals surface area (Å²) in [6, 6.07) is 9.13. The maximum absolute atomic E-state index is 12.1. The number of carbonyl (C=O) groups is 3. The third-order valence-corrected chi connectivity index (χ3v) is 5.96. The lowest BCUT2D eigenvalue weighted by Crippen LogP contribution is -2.40. The van der Waals surface area contributed by atoms with Crippen molar-refractivity contribution in [2.75, 3.05) is 12.3 Å². The zero-order valence-corrected chi connectivity index (χ0v) is 15.0. The molecule has 1 N–H and O–H groups in total. The summed E-state index contributed by atoms with van der Waals surface area (Å²) < 4.78 is 0.0517. The molecule has 7 heteroatoms. The molecule has 1 saturated heterocycles. The van der Waals surface area contributed by atoms with E-state index >= 15 is 0 Å². The highest BCUT2D eigenvalue weighted by molar-refractivity contribution is 8.38. The Morgan fingerprint density at radius 3 is 2.62 bits per heavy atom. The molecule has 1 aliphatic heterocycles. The van der Waals surface area contributed by atoms with Gasteiger partial charge in [-0.25, -0.2) is 4.79 Å². The van der Waals surface area contributed by atoms with Crippen molar-refractivity contribution in [2.45, 2.75) is 37.5 Å². The molecule has 0 saturated carbocycles. The van der Waals surface area contributed by atoms with Gasteiger partial charge >= 0.3 is 5.97 Å². The Hall–Kier alpha value is -1.47. The molecule has 0 aliphatic carbocycles. The molecule has 130 valence electrons. The van der Waals surface area contributed by atoms with Crippen molar-refractivity contribution in [3.05, 3.63) is 35.9 Å². The first-order valence-corrected chi connectivity index (χ1v) is 9.91. The van der Waals surface area contributed by atoms with E-state index in [2.05, 4.69) is 0 Å². The van der Waals surface area contributed by atoms with Crippen LogP contribution in [0.15, 0.2) is 30.3 Å². The van der Waals surface area contributed by atoms with Crippen LogP contribution < -0.4 is 0 Å². The molecule has 1 fully saturated rings. The molecular weight excluding hydrogens is 346 g/mol. The van der Waals surface area contributed by atoms with Crippen LogP contribution in [0.2, 0.25) is 0 Å². The number of carboxylic acid groups (broad SMARTS) is 1. The number of nitrogens with zero attached hydrogens (tertiary/aromatic N) is 1. The quantitative estimate of drug-likeness (QED) is 0.742. The van der Waals surface area contributed by atoms with Crippen molar-refractivity contribution in [1.82, 2.24) is 4.90 Å². The minimum absolute atomic E-state index is 0.0517. The molecule has 1 amide bonds. The van der Waals surface area contributed by atoms with Gasteiger partial charge in [0.2, 0.25) is 10.4 Å². The fraction of sp³-hybridized carbons (Fsp3) is 0.471. The number of rotatable bonds is 7. The minimum Gasteiger partial charge on any atom is -0.480 e. The largest absolute Gasteiger partial charge is 0.480 e. The number of benzene rings is 1. The summed E-state index contributed by atoms with van der Waals surface area (Å²) in [5, 5.41) is 9.08. The van der Waals surface area contributed by atoms with Crippen molar-refractivity contribution in [1.29, 1.82) is 0 Å². The lowest BCUT2D eigenvalue weighted by Gasteiger charge is -2.21. The number of carbonyl (C=O) groups excluding carboxylic acids is 2. The van der Waals surface area contributed by atoms with Crippen molar-refractivity contribution >= 4 is 39.8 Å². The van der Waals surface area contributed by atoms with Crippen molar-refractivity contribution in [3.63, 3.8) is 0 Å². The van der Waals surface area contributed by atoms with Crippen molar-refractivity contribution < 1.29 is 19.5 Å². The van der Waals surface area contributed by atoms with Gasteiger partial charge < -0.3 is 10.0 Å². The second kappa shape index (κ2) is 9.74. The van der Waals surface area contributed by atoms with Crippen LogP contribution in [0.25, 0.3) is 0 Å². The van der Waals surface area contributed by atoms with Gasteiger partial charge in [0.05, 0.1) is 0 Å². The first kappa shape index (κ1) is 18.9. The fourth-order valence-electron chi connectivity index (χ4n) is 2.60. The molecule has 0 spiro atoms.